The Morgan fingerprint density at radius 2 is 1.85 bits per heavy atom. The molecule has 0 radical (unpaired) electrons. The Kier molecular flexibility index (Phi) is 6.13. The van der Waals surface area contributed by atoms with E-state index in [1.165, 1.54) is 21.2 Å². The van der Waals surface area contributed by atoms with Crippen LogP contribution in [0.5, 0.6) is 5.75 Å². The third kappa shape index (κ3) is 4.41. The van der Waals surface area contributed by atoms with E-state index in [9.17, 15) is 23.3 Å². The number of non-ortho nitro benzene ring substituents is 1. The quantitative estimate of drug-likeness (QED) is 0.566. The van der Waals surface area contributed by atoms with Gasteiger partial charge in [-0.1, -0.05) is 12.1 Å². The molecule has 0 saturated carbocycles. The van der Waals surface area contributed by atoms with Gasteiger partial charge in [-0.3, -0.25) is 14.9 Å². The van der Waals surface area contributed by atoms with Crippen molar-refractivity contribution in [1.29, 1.82) is 0 Å². The summed E-state index contributed by atoms with van der Waals surface area (Å²) in [5.41, 5.74) is 0.872. The lowest BCUT2D eigenvalue weighted by molar-refractivity contribution is -0.385. The number of nitrogens with one attached hydrogen (secondary N) is 1. The number of benzene rings is 2. The van der Waals surface area contributed by atoms with E-state index in [2.05, 4.69) is 5.32 Å². The number of carbonyl (C=O) groups excluding carboxylic acids is 1. The first-order valence-electron chi connectivity index (χ1n) is 7.80. The topological polar surface area (TPSA) is 119 Å². The molecule has 0 saturated heterocycles. The van der Waals surface area contributed by atoms with Crippen molar-refractivity contribution in [2.24, 2.45) is 0 Å². The van der Waals surface area contributed by atoms with E-state index in [4.69, 9.17) is 4.74 Å². The molecule has 2 aromatic carbocycles. The number of hydrogen-bond donors (Lipinski definition) is 1. The summed E-state index contributed by atoms with van der Waals surface area (Å²) < 4.78 is 31.8. The Balaban J connectivity index is 2.28. The largest absolute Gasteiger partial charge is 0.495 e. The third-order valence-electron chi connectivity index (χ3n) is 3.89. The molecule has 0 aliphatic carbocycles. The van der Waals surface area contributed by atoms with Gasteiger partial charge in [0.1, 0.15) is 10.6 Å². The average Bonchev–Trinajstić information content (AvgIpc) is 2.67. The Labute approximate surface area is 156 Å². The van der Waals surface area contributed by atoms with Crippen molar-refractivity contribution in [3.05, 3.63) is 63.7 Å². The molecule has 0 bridgehead atoms. The summed E-state index contributed by atoms with van der Waals surface area (Å²) >= 11 is 0. The van der Waals surface area contributed by atoms with E-state index < -0.39 is 14.9 Å². The number of amides is 1. The maximum Gasteiger partial charge on any atom is 0.273 e. The summed E-state index contributed by atoms with van der Waals surface area (Å²) in [6, 6.07) is 9.84. The number of hydrogen-bond acceptors (Lipinski definition) is 6. The van der Waals surface area contributed by atoms with E-state index in [-0.39, 0.29) is 28.8 Å². The van der Waals surface area contributed by atoms with Crippen LogP contribution >= 0.6 is 0 Å². The molecular weight excluding hydrogens is 374 g/mol. The molecule has 0 aliphatic heterocycles. The first kappa shape index (κ1) is 20.3. The van der Waals surface area contributed by atoms with E-state index in [1.807, 2.05) is 0 Å². The highest BCUT2D eigenvalue weighted by atomic mass is 32.2. The summed E-state index contributed by atoms with van der Waals surface area (Å²) in [5, 5.41) is 13.4. The summed E-state index contributed by atoms with van der Waals surface area (Å²) in [4.78, 5) is 21.6. The van der Waals surface area contributed by atoms with Gasteiger partial charge < -0.3 is 10.1 Å². The van der Waals surface area contributed by atoms with Crippen LogP contribution in [0.2, 0.25) is 0 Å². The lowest BCUT2D eigenvalue weighted by Crippen LogP contribution is -2.27. The van der Waals surface area contributed by atoms with Crippen molar-refractivity contribution in [2.75, 3.05) is 21.2 Å². The van der Waals surface area contributed by atoms with Gasteiger partial charge in [0, 0.05) is 32.3 Å². The lowest BCUT2D eigenvalue weighted by Gasteiger charge is -2.19. The van der Waals surface area contributed by atoms with Crippen molar-refractivity contribution >= 4 is 21.6 Å². The SMILES string of the molecule is CNC(=O)c1ccc(CN(C)S(=O)(=O)c2ccc([N+](=O)[O-])cc2OC)cc1. The first-order chi connectivity index (χ1) is 12.7. The molecule has 0 spiro atoms. The van der Waals surface area contributed by atoms with Crippen molar-refractivity contribution in [2.45, 2.75) is 11.4 Å². The smallest absolute Gasteiger partial charge is 0.273 e. The molecule has 27 heavy (non-hydrogen) atoms. The highest BCUT2D eigenvalue weighted by Gasteiger charge is 2.26. The highest BCUT2D eigenvalue weighted by Crippen LogP contribution is 2.30. The number of nitrogens with zero attached hydrogens (tertiary/aromatic N) is 2. The van der Waals surface area contributed by atoms with Crippen LogP contribution in [0.15, 0.2) is 47.4 Å². The zero-order valence-electron chi connectivity index (χ0n) is 15.0. The van der Waals surface area contributed by atoms with Gasteiger partial charge in [0.05, 0.1) is 18.1 Å². The van der Waals surface area contributed by atoms with Gasteiger partial charge >= 0.3 is 0 Å². The van der Waals surface area contributed by atoms with E-state index in [0.717, 1.165) is 22.5 Å². The van der Waals surface area contributed by atoms with Crippen molar-refractivity contribution in [3.8, 4) is 5.75 Å². The fourth-order valence-electron chi connectivity index (χ4n) is 2.40. The normalized spacial score (nSPS) is 11.3. The lowest BCUT2D eigenvalue weighted by atomic mass is 10.1. The van der Waals surface area contributed by atoms with Crippen molar-refractivity contribution in [1.82, 2.24) is 9.62 Å². The van der Waals surface area contributed by atoms with Gasteiger partial charge in [0.15, 0.2) is 0 Å². The Hall–Kier alpha value is -2.98. The number of ether oxygens (including phenoxy) is 1. The minimum atomic E-state index is -3.95. The first-order valence-corrected chi connectivity index (χ1v) is 9.24. The molecule has 144 valence electrons. The molecule has 0 atom stereocenters. The number of nitro groups is 1. The second kappa shape index (κ2) is 8.14. The van der Waals surface area contributed by atoms with Crippen LogP contribution < -0.4 is 10.1 Å². The highest BCUT2D eigenvalue weighted by molar-refractivity contribution is 7.89. The summed E-state index contributed by atoms with van der Waals surface area (Å²) in [7, 11) is 0.212. The third-order valence-corrected chi connectivity index (χ3v) is 5.74. The van der Waals surface area contributed by atoms with Crippen LogP contribution in [0.25, 0.3) is 0 Å². The summed E-state index contributed by atoms with van der Waals surface area (Å²) in [5.74, 6) is -0.343. The van der Waals surface area contributed by atoms with Gasteiger partial charge in [0.25, 0.3) is 11.6 Å². The zero-order chi connectivity index (χ0) is 20.2. The molecule has 2 aromatic rings. The summed E-state index contributed by atoms with van der Waals surface area (Å²) in [6.07, 6.45) is 0. The molecule has 1 amide bonds. The second-order valence-corrected chi connectivity index (χ2v) is 7.64. The van der Waals surface area contributed by atoms with Crippen LogP contribution in [-0.2, 0) is 16.6 Å². The number of methoxy groups -OCH3 is 1. The van der Waals surface area contributed by atoms with Gasteiger partial charge in [-0.05, 0) is 23.8 Å². The van der Waals surface area contributed by atoms with Crippen LogP contribution in [0.4, 0.5) is 5.69 Å². The van der Waals surface area contributed by atoms with Crippen molar-refractivity contribution < 1.29 is 22.9 Å². The van der Waals surface area contributed by atoms with Gasteiger partial charge in [-0.25, -0.2) is 8.42 Å². The Morgan fingerprint density at radius 1 is 1.22 bits per heavy atom. The summed E-state index contributed by atoms with van der Waals surface area (Å²) in [6.45, 7) is 0.0521. The van der Waals surface area contributed by atoms with E-state index in [0.29, 0.717) is 11.1 Å². The standard InChI is InChI=1S/C17H19N3O6S/c1-18-17(21)13-6-4-12(5-7-13)11-19(2)27(24,25)16-9-8-14(20(22)23)10-15(16)26-3/h4-10H,11H2,1-3H3,(H,18,21). The molecule has 2 rings (SSSR count). The molecule has 0 unspecified atom stereocenters. The minimum absolute atomic E-state index is 0.0521. The second-order valence-electron chi connectivity index (χ2n) is 5.63. The van der Waals surface area contributed by atoms with Gasteiger partial charge in [-0.2, -0.15) is 4.31 Å². The Morgan fingerprint density at radius 3 is 2.37 bits per heavy atom. The fourth-order valence-corrected chi connectivity index (χ4v) is 3.69. The molecule has 9 nitrogen and oxygen atoms in total. The number of sulfonamides is 1. The minimum Gasteiger partial charge on any atom is -0.495 e. The molecule has 10 heteroatoms. The van der Waals surface area contributed by atoms with E-state index in [1.54, 1.807) is 24.3 Å². The molecule has 0 heterocycles. The predicted molar refractivity (Wildman–Crippen MR) is 98.1 cm³/mol. The zero-order valence-corrected chi connectivity index (χ0v) is 15.8. The monoisotopic (exact) mass is 393 g/mol. The molecule has 0 aromatic heterocycles. The predicted octanol–water partition coefficient (Wildman–Crippen LogP) is 1.78. The van der Waals surface area contributed by atoms with Crippen LogP contribution in [0.3, 0.4) is 0 Å². The average molecular weight is 393 g/mol. The van der Waals surface area contributed by atoms with Crippen LogP contribution in [0.1, 0.15) is 15.9 Å². The maximum atomic E-state index is 12.8. The molecule has 0 fully saturated rings. The molecular formula is C17H19N3O6S. The van der Waals surface area contributed by atoms with Crippen LogP contribution in [0, 0.1) is 10.1 Å². The Bertz CT molecular complexity index is 957. The van der Waals surface area contributed by atoms with Gasteiger partial charge in [0.2, 0.25) is 10.0 Å². The van der Waals surface area contributed by atoms with Crippen LogP contribution in [-0.4, -0.2) is 44.8 Å². The van der Waals surface area contributed by atoms with E-state index >= 15 is 0 Å². The molecule has 1 N–H and O–H groups in total. The number of nitro benzene ring substituents is 1. The van der Waals surface area contributed by atoms with Gasteiger partial charge in [-0.15, -0.1) is 0 Å². The molecule has 0 aliphatic rings. The maximum absolute atomic E-state index is 12.8. The number of rotatable bonds is 7. The van der Waals surface area contributed by atoms with Crippen molar-refractivity contribution in [3.63, 3.8) is 0 Å². The number of carbonyl (C=O) groups is 1. The fraction of sp³-hybridized carbons (Fsp3) is 0.235.